The van der Waals surface area contributed by atoms with Crippen molar-refractivity contribution in [3.05, 3.63) is 0 Å². The van der Waals surface area contributed by atoms with Gasteiger partial charge in [0.25, 0.3) is 0 Å². The Morgan fingerprint density at radius 3 is 1.55 bits per heavy atom. The average molecular weight is 462 g/mol. The number of nitrogens with zero attached hydrogens (tertiary/aromatic N) is 1. The van der Waals surface area contributed by atoms with E-state index in [0.29, 0.717) is 0 Å². The fraction of sp³-hybridized carbons (Fsp3) is 1.00. The second-order valence-electron chi connectivity index (χ2n) is 9.63. The Labute approximate surface area is 193 Å². The number of phosphoric acid groups is 1. The molecule has 0 radical (unpaired) electrons. The Bertz CT molecular complexity index is 437. The quantitative estimate of drug-likeness (QED) is 0.136. The van der Waals surface area contributed by atoms with Gasteiger partial charge < -0.3 is 9.79 Å². The zero-order valence-corrected chi connectivity index (χ0v) is 21.3. The molecule has 0 bridgehead atoms. The van der Waals surface area contributed by atoms with Gasteiger partial charge in [0.1, 0.15) is 0 Å². The van der Waals surface area contributed by atoms with E-state index in [4.69, 9.17) is 14.3 Å². The minimum absolute atomic E-state index is 0.152. The van der Waals surface area contributed by atoms with Gasteiger partial charge in [0.2, 0.25) is 0 Å². The number of piperidine rings is 1. The van der Waals surface area contributed by atoms with Gasteiger partial charge in [-0.1, -0.05) is 116 Å². The lowest BCUT2D eigenvalue weighted by Crippen LogP contribution is -2.41. The summed E-state index contributed by atoms with van der Waals surface area (Å²) in [6.45, 7) is 4.51. The van der Waals surface area contributed by atoms with Crippen LogP contribution in [-0.2, 0) is 9.09 Å². The molecular weight excluding hydrogens is 409 g/mol. The van der Waals surface area contributed by atoms with E-state index in [-0.39, 0.29) is 12.6 Å². The molecule has 0 aromatic carbocycles. The predicted molar refractivity (Wildman–Crippen MR) is 131 cm³/mol. The molecule has 5 nitrogen and oxygen atoms in total. The highest BCUT2D eigenvalue weighted by atomic mass is 31.2. The summed E-state index contributed by atoms with van der Waals surface area (Å²) in [6, 6.07) is 0.152. The summed E-state index contributed by atoms with van der Waals surface area (Å²) in [5.74, 6) is 0. The topological polar surface area (TPSA) is 70.0 Å². The molecule has 1 saturated heterocycles. The van der Waals surface area contributed by atoms with E-state index in [2.05, 4.69) is 11.8 Å². The molecule has 6 heteroatoms. The largest absolute Gasteiger partial charge is 0.469 e. The van der Waals surface area contributed by atoms with Gasteiger partial charge in [-0.25, -0.2) is 4.57 Å². The molecule has 1 aliphatic rings. The Morgan fingerprint density at radius 2 is 1.13 bits per heavy atom. The molecule has 1 unspecified atom stereocenters. The second-order valence-corrected chi connectivity index (χ2v) is 10.9. The summed E-state index contributed by atoms with van der Waals surface area (Å²) in [6.07, 6.45) is 26.4. The van der Waals surface area contributed by atoms with Crippen molar-refractivity contribution in [3.8, 4) is 0 Å². The number of likely N-dealkylation sites (tertiary alicyclic amines) is 1. The highest BCUT2D eigenvalue weighted by molar-refractivity contribution is 7.46. The SMILES string of the molecule is CCCCCCCCCCCCCCCCCCC(COP(=O)(O)O)N1CCCCC1. The predicted octanol–water partition coefficient (Wildman–Crippen LogP) is 7.60. The highest BCUT2D eigenvalue weighted by Crippen LogP contribution is 2.36. The zero-order chi connectivity index (χ0) is 22.6. The molecular formula is C25H52NO4P. The molecule has 1 fully saturated rings. The molecule has 31 heavy (non-hydrogen) atoms. The molecule has 1 rings (SSSR count). The van der Waals surface area contributed by atoms with E-state index < -0.39 is 7.82 Å². The number of unbranched alkanes of at least 4 members (excludes halogenated alkanes) is 15. The van der Waals surface area contributed by atoms with Crippen LogP contribution in [-0.4, -0.2) is 40.4 Å². The van der Waals surface area contributed by atoms with Crippen LogP contribution in [0.4, 0.5) is 0 Å². The molecule has 2 N–H and O–H groups in total. The van der Waals surface area contributed by atoms with Crippen LogP contribution in [0.15, 0.2) is 0 Å². The summed E-state index contributed by atoms with van der Waals surface area (Å²) in [4.78, 5) is 20.5. The first kappa shape index (κ1) is 29.1. The minimum atomic E-state index is -4.37. The third kappa shape index (κ3) is 18.2. The van der Waals surface area contributed by atoms with Gasteiger partial charge in [0.05, 0.1) is 6.61 Å². The van der Waals surface area contributed by atoms with Gasteiger partial charge in [0.15, 0.2) is 0 Å². The minimum Gasteiger partial charge on any atom is -0.303 e. The van der Waals surface area contributed by atoms with Crippen molar-refractivity contribution in [2.75, 3.05) is 19.7 Å². The fourth-order valence-electron chi connectivity index (χ4n) is 4.77. The van der Waals surface area contributed by atoms with Crippen molar-refractivity contribution in [2.45, 2.75) is 141 Å². The maximum atomic E-state index is 11.1. The molecule has 0 amide bonds. The molecule has 186 valence electrons. The molecule has 0 spiro atoms. The number of rotatable bonds is 21. The molecule has 1 heterocycles. The van der Waals surface area contributed by atoms with E-state index in [1.165, 1.54) is 116 Å². The van der Waals surface area contributed by atoms with Crippen molar-refractivity contribution in [1.29, 1.82) is 0 Å². The maximum Gasteiger partial charge on any atom is 0.469 e. The van der Waals surface area contributed by atoms with Crippen LogP contribution < -0.4 is 0 Å². The van der Waals surface area contributed by atoms with Crippen LogP contribution in [0.1, 0.15) is 135 Å². The second kappa shape index (κ2) is 19.5. The van der Waals surface area contributed by atoms with Crippen LogP contribution in [0, 0.1) is 0 Å². The monoisotopic (exact) mass is 461 g/mol. The first-order valence-electron chi connectivity index (χ1n) is 13.5. The Kier molecular flexibility index (Phi) is 18.3. The van der Waals surface area contributed by atoms with E-state index in [1.54, 1.807) is 0 Å². The van der Waals surface area contributed by atoms with Crippen molar-refractivity contribution < 1.29 is 18.9 Å². The summed E-state index contributed by atoms with van der Waals surface area (Å²) < 4.78 is 15.9. The van der Waals surface area contributed by atoms with Crippen LogP contribution in [0.2, 0.25) is 0 Å². The molecule has 1 atom stereocenters. The smallest absolute Gasteiger partial charge is 0.303 e. The lowest BCUT2D eigenvalue weighted by atomic mass is 10.0. The lowest BCUT2D eigenvalue weighted by molar-refractivity contribution is 0.0880. The van der Waals surface area contributed by atoms with Gasteiger partial charge in [-0.3, -0.25) is 9.42 Å². The van der Waals surface area contributed by atoms with Gasteiger partial charge in [-0.15, -0.1) is 0 Å². The van der Waals surface area contributed by atoms with E-state index in [9.17, 15) is 4.57 Å². The Morgan fingerprint density at radius 1 is 0.710 bits per heavy atom. The van der Waals surface area contributed by atoms with Gasteiger partial charge >= 0.3 is 7.82 Å². The van der Waals surface area contributed by atoms with Crippen molar-refractivity contribution in [3.63, 3.8) is 0 Å². The summed E-state index contributed by atoms with van der Waals surface area (Å²) in [5, 5.41) is 0. The highest BCUT2D eigenvalue weighted by Gasteiger charge is 2.24. The van der Waals surface area contributed by atoms with Crippen LogP contribution in [0.25, 0.3) is 0 Å². The maximum absolute atomic E-state index is 11.1. The first-order valence-corrected chi connectivity index (χ1v) is 15.0. The molecule has 0 saturated carbocycles. The Balaban J connectivity index is 1.95. The third-order valence-electron chi connectivity index (χ3n) is 6.73. The molecule has 0 aromatic rings. The van der Waals surface area contributed by atoms with Gasteiger partial charge in [0, 0.05) is 6.04 Å². The van der Waals surface area contributed by atoms with Crippen molar-refractivity contribution in [1.82, 2.24) is 4.90 Å². The van der Waals surface area contributed by atoms with Gasteiger partial charge in [-0.2, -0.15) is 0 Å². The van der Waals surface area contributed by atoms with Crippen LogP contribution >= 0.6 is 7.82 Å². The Hall–Kier alpha value is 0.0700. The normalized spacial score (nSPS) is 16.6. The van der Waals surface area contributed by atoms with E-state index >= 15 is 0 Å². The molecule has 0 aromatic heterocycles. The zero-order valence-electron chi connectivity index (χ0n) is 20.4. The van der Waals surface area contributed by atoms with Gasteiger partial charge in [-0.05, 0) is 32.4 Å². The fourth-order valence-corrected chi connectivity index (χ4v) is 5.13. The third-order valence-corrected chi connectivity index (χ3v) is 7.22. The molecule has 1 aliphatic heterocycles. The number of hydrogen-bond donors (Lipinski definition) is 2. The van der Waals surface area contributed by atoms with Crippen LogP contribution in [0.3, 0.4) is 0 Å². The lowest BCUT2D eigenvalue weighted by Gasteiger charge is -2.34. The first-order chi connectivity index (χ1) is 15.0. The molecule has 0 aliphatic carbocycles. The van der Waals surface area contributed by atoms with Crippen molar-refractivity contribution in [2.24, 2.45) is 0 Å². The van der Waals surface area contributed by atoms with Crippen LogP contribution in [0.5, 0.6) is 0 Å². The average Bonchev–Trinajstić information content (AvgIpc) is 2.75. The number of hydrogen-bond acceptors (Lipinski definition) is 3. The van der Waals surface area contributed by atoms with Crippen molar-refractivity contribution >= 4 is 7.82 Å². The summed E-state index contributed by atoms with van der Waals surface area (Å²) in [5.41, 5.74) is 0. The van der Waals surface area contributed by atoms with E-state index in [1.807, 2.05) is 0 Å². The standard InChI is InChI=1S/C25H52NO4P/c1-2-3-4-5-6-7-8-9-10-11-12-13-14-15-16-18-21-25(24-30-31(27,28)29)26-22-19-17-20-23-26/h25H,2-24H2,1H3,(H2,27,28,29). The summed E-state index contributed by atoms with van der Waals surface area (Å²) >= 11 is 0. The van der Waals surface area contributed by atoms with E-state index in [0.717, 1.165) is 25.9 Å². The summed E-state index contributed by atoms with van der Waals surface area (Å²) in [7, 11) is -4.37. The number of phosphoric ester groups is 1.